The van der Waals surface area contributed by atoms with E-state index in [0.717, 1.165) is 5.92 Å². The Morgan fingerprint density at radius 1 is 0.460 bits per heavy atom. The molecular formula is C68H129N7O25. The number of likely N-dealkylation sites (tertiary alicyclic amines) is 1. The van der Waals surface area contributed by atoms with Gasteiger partial charge in [-0.3, -0.25) is 38.4 Å². The van der Waals surface area contributed by atoms with Crippen molar-refractivity contribution in [2.45, 2.75) is 271 Å². The Hall–Kier alpha value is -4.72. The second-order valence-electron chi connectivity index (χ2n) is 26.5. The number of ketones is 1. The van der Waals surface area contributed by atoms with E-state index in [9.17, 15) is 89.4 Å². The van der Waals surface area contributed by atoms with E-state index >= 15 is 0 Å². The first-order valence-corrected chi connectivity index (χ1v) is 34.5. The summed E-state index contributed by atoms with van der Waals surface area (Å²) in [6.07, 6.45) is -13.2. The quantitative estimate of drug-likeness (QED) is 0.0328. The summed E-state index contributed by atoms with van der Waals surface area (Å²) < 4.78 is 38.8. The Morgan fingerprint density at radius 3 is 1.17 bits per heavy atom. The summed E-state index contributed by atoms with van der Waals surface area (Å²) in [7, 11) is 1.49. The summed E-state index contributed by atoms with van der Waals surface area (Å²) in [6.45, 7) is 10.6. The van der Waals surface area contributed by atoms with E-state index in [0.29, 0.717) is 32.1 Å². The van der Waals surface area contributed by atoms with Gasteiger partial charge in [-0.05, 0) is 63.7 Å². The first-order valence-electron chi connectivity index (χ1n) is 34.5. The lowest BCUT2D eigenvalue weighted by atomic mass is 9.82. The Bertz CT molecular complexity index is 2130. The van der Waals surface area contributed by atoms with Gasteiger partial charge in [-0.2, -0.15) is 0 Å². The molecule has 7 amide bonds. The topological polar surface area (TPSA) is 479 Å². The molecule has 0 radical (unpaired) electrons. The Kier molecular flexibility index (Phi) is 49.0. The van der Waals surface area contributed by atoms with Crippen molar-refractivity contribution in [2.24, 2.45) is 23.7 Å². The maximum absolute atomic E-state index is 14.0. The molecule has 16 N–H and O–H groups in total. The molecule has 0 spiro atoms. The van der Waals surface area contributed by atoms with Gasteiger partial charge in [0.15, 0.2) is 18.9 Å². The number of carbonyl (C=O) groups excluding carboxylic acids is 8. The minimum Gasteiger partial charge on any atom is -0.394 e. The molecule has 4 aliphatic heterocycles. The van der Waals surface area contributed by atoms with Gasteiger partial charge in [0, 0.05) is 108 Å². The molecule has 0 aliphatic carbocycles. The van der Waals surface area contributed by atoms with Crippen LogP contribution in [0.4, 0.5) is 0 Å². The molecule has 0 aromatic rings. The zero-order valence-electron chi connectivity index (χ0n) is 57.9. The number of hydrogen-bond acceptors (Lipinski definition) is 25. The number of nitrogens with one attached hydrogen (secondary N) is 6. The van der Waals surface area contributed by atoms with Crippen LogP contribution in [0, 0.1) is 23.7 Å². The van der Waals surface area contributed by atoms with E-state index in [4.69, 9.17) is 33.2 Å². The Labute approximate surface area is 591 Å². The highest BCUT2D eigenvalue weighted by Crippen LogP contribution is 2.31. The number of carbonyl (C=O) groups is 8. The lowest BCUT2D eigenvalue weighted by Gasteiger charge is -2.40. The number of β-amino-alcohol motifs (C(OH)–C–C–N with tert-alkyl or cyclic N) is 1. The summed E-state index contributed by atoms with van der Waals surface area (Å²) in [4.78, 5) is 108. The third-order valence-electron chi connectivity index (χ3n) is 17.4. The number of unbranched alkanes of at least 4 members (excludes halogenated alkanes) is 1. The van der Waals surface area contributed by atoms with Crippen LogP contribution in [-0.2, 0) is 71.5 Å². The number of hydrogen-bond donors (Lipinski definition) is 16. The molecular weight excluding hydrogens is 1310 g/mol. The van der Waals surface area contributed by atoms with E-state index in [-0.39, 0.29) is 207 Å². The van der Waals surface area contributed by atoms with Gasteiger partial charge in [0.25, 0.3) is 0 Å². The number of Topliss-reactive ketones (excluding diaryl/α,β-unsaturated/α-hetero) is 1. The van der Waals surface area contributed by atoms with Gasteiger partial charge in [0.2, 0.25) is 41.4 Å². The van der Waals surface area contributed by atoms with Crippen LogP contribution in [0.1, 0.15) is 179 Å². The van der Waals surface area contributed by atoms with Gasteiger partial charge >= 0.3 is 0 Å². The molecule has 4 heterocycles. The highest BCUT2D eigenvalue weighted by molar-refractivity contribution is 5.82. The van der Waals surface area contributed by atoms with Gasteiger partial charge < -0.3 is 121 Å². The fraction of sp³-hybridized carbons (Fsp3) is 0.882. The van der Waals surface area contributed by atoms with Crippen molar-refractivity contribution in [3.05, 3.63) is 0 Å². The molecule has 0 aromatic carbocycles. The summed E-state index contributed by atoms with van der Waals surface area (Å²) in [5.41, 5.74) is -1.32. The molecule has 4 saturated heterocycles. The van der Waals surface area contributed by atoms with E-state index in [1.165, 1.54) is 12.0 Å². The molecule has 4 fully saturated rings. The van der Waals surface area contributed by atoms with Crippen molar-refractivity contribution in [1.29, 1.82) is 0 Å². The van der Waals surface area contributed by atoms with Gasteiger partial charge in [-0.1, -0.05) is 63.8 Å². The van der Waals surface area contributed by atoms with Crippen molar-refractivity contribution < 1.29 is 123 Å². The number of aliphatic hydroxyl groups excluding tert-OH is 10. The summed E-state index contributed by atoms with van der Waals surface area (Å²) in [5.74, 6) is -4.00. The number of methoxy groups -OCH3 is 1. The fourth-order valence-corrected chi connectivity index (χ4v) is 11.5. The molecule has 0 saturated carbocycles. The van der Waals surface area contributed by atoms with Crippen LogP contribution in [0.25, 0.3) is 0 Å². The molecule has 32 nitrogen and oxygen atoms in total. The van der Waals surface area contributed by atoms with Gasteiger partial charge in [0.1, 0.15) is 42.4 Å². The number of rotatable bonds is 44. The normalized spacial score (nSPS) is 27.7. The fourth-order valence-electron chi connectivity index (χ4n) is 11.5. The molecule has 4 rings (SSSR count). The van der Waals surface area contributed by atoms with Crippen molar-refractivity contribution in [3.63, 3.8) is 0 Å². The first kappa shape index (κ1) is 95.3. The second kappa shape index (κ2) is 51.4. The third kappa shape index (κ3) is 34.7. The molecule has 100 heavy (non-hydrogen) atoms. The predicted octanol–water partition coefficient (Wildman–Crippen LogP) is -0.923. The SMILES string of the molecule is C.C.C.CC(C)C.COC[C@@H]1C[C@@H](O)CN1C(=O)CCCC(=O)NC(CCC(=O)CCCCNC(=O)CCO[C@@H]1OC(CO)[C@H](O)[C@H](O)C1C)(CCC(=O)NCCCNC(=O)CCO[C@@H]1OC(CO)[C@H](O)[C@H](O)C1C)CCC(=O)NCCCNC(=O)CCO[C@@H]1OC(CO)[C@H](O)[C@H](O)C1C. The number of nitrogens with zero attached hydrogens (tertiary/aromatic N) is 1. The third-order valence-corrected chi connectivity index (χ3v) is 17.4. The van der Waals surface area contributed by atoms with Crippen LogP contribution in [0.5, 0.6) is 0 Å². The largest absolute Gasteiger partial charge is 0.394 e. The minimum absolute atomic E-state index is 0. The van der Waals surface area contributed by atoms with Crippen molar-refractivity contribution in [2.75, 3.05) is 92.6 Å². The number of ether oxygens (including phenoxy) is 7. The van der Waals surface area contributed by atoms with Crippen LogP contribution < -0.4 is 31.9 Å². The molecule has 586 valence electrons. The zero-order chi connectivity index (χ0) is 72.2. The summed E-state index contributed by atoms with van der Waals surface area (Å²) in [6, 6.07) is -0.333. The molecule has 0 aromatic heterocycles. The van der Waals surface area contributed by atoms with Gasteiger partial charge in [-0.25, -0.2) is 0 Å². The predicted molar refractivity (Wildman–Crippen MR) is 367 cm³/mol. The van der Waals surface area contributed by atoms with Crippen molar-refractivity contribution >= 4 is 47.1 Å². The van der Waals surface area contributed by atoms with Crippen LogP contribution >= 0.6 is 0 Å². The smallest absolute Gasteiger partial charge is 0.223 e. The Balaban J connectivity index is 0.0000136. The number of amides is 7. The van der Waals surface area contributed by atoms with Crippen LogP contribution in [0.2, 0.25) is 0 Å². The van der Waals surface area contributed by atoms with E-state index in [1.807, 2.05) is 0 Å². The first-order chi connectivity index (χ1) is 46.1. The van der Waals surface area contributed by atoms with E-state index in [1.54, 1.807) is 20.8 Å². The average molecular weight is 1440 g/mol. The van der Waals surface area contributed by atoms with Crippen molar-refractivity contribution in [1.82, 2.24) is 36.8 Å². The summed E-state index contributed by atoms with van der Waals surface area (Å²) >= 11 is 0. The van der Waals surface area contributed by atoms with Gasteiger partial charge in [0.05, 0.1) is 96.0 Å². The maximum atomic E-state index is 14.0. The molecule has 6 unspecified atom stereocenters. The molecule has 32 heteroatoms. The average Bonchev–Trinajstić information content (AvgIpc) is 1.08. The van der Waals surface area contributed by atoms with E-state index in [2.05, 4.69) is 52.7 Å². The lowest BCUT2D eigenvalue weighted by molar-refractivity contribution is -0.282. The van der Waals surface area contributed by atoms with Crippen LogP contribution in [0.15, 0.2) is 0 Å². The van der Waals surface area contributed by atoms with E-state index < -0.39 is 141 Å². The van der Waals surface area contributed by atoms with Crippen molar-refractivity contribution in [3.8, 4) is 0 Å². The maximum Gasteiger partial charge on any atom is 0.223 e. The summed E-state index contributed by atoms with van der Waals surface area (Å²) in [5, 5.41) is 117. The standard InChI is InChI=1S/C61H107N7O25.C4H10.3CH4/c1-36-52(81)55(84)42(32-69)91-58(36)88-27-16-47(76)62-22-6-5-10-40(72)13-19-61(67-50(79)11-7-12-51(80)68-31-41(73)30-39(68)35-87-4,20-14-45(74)63-23-8-25-65-48(77)17-28-89-59-37(2)53(82)56(85)43(33-70)92-59)21-15-46(75)64-24-9-26-66-49(78)18-29-90-60-38(3)54(83)57(86)44(34-71)93-60;1-4(2)3;;;/h36-39,41-44,52-60,69-71,73,81-86H,5-35H2,1-4H3,(H,62,76)(H,63,74)(H,64,75)(H,65,77)(H,66,78)(H,67,79);4H,1-3H3;3*1H4/t36?,37?,38?,39-,41+,42?,43?,44?,52+,53+,54+,55-,56-,57-,58+,59+,60+,61?;;;;/m0..../s1. The highest BCUT2D eigenvalue weighted by Gasteiger charge is 2.45. The minimum atomic E-state index is -1.32. The zero-order valence-corrected chi connectivity index (χ0v) is 57.9. The molecule has 4 aliphatic rings. The van der Waals surface area contributed by atoms with Gasteiger partial charge in [-0.15, -0.1) is 0 Å². The molecule has 17 atom stereocenters. The van der Waals surface area contributed by atoms with Crippen LogP contribution in [-0.4, -0.2) is 287 Å². The lowest BCUT2D eigenvalue weighted by Crippen LogP contribution is -2.55. The second-order valence-corrected chi connectivity index (χ2v) is 26.5. The Morgan fingerprint density at radius 2 is 0.810 bits per heavy atom. The van der Waals surface area contributed by atoms with Crippen LogP contribution in [0.3, 0.4) is 0 Å². The molecule has 0 bridgehead atoms. The monoisotopic (exact) mass is 1440 g/mol. The number of aliphatic hydroxyl groups is 10. The highest BCUT2D eigenvalue weighted by atomic mass is 16.7.